The van der Waals surface area contributed by atoms with E-state index in [2.05, 4.69) is 5.32 Å². The summed E-state index contributed by atoms with van der Waals surface area (Å²) in [6, 6.07) is 10.1. The lowest BCUT2D eigenvalue weighted by atomic mass is 10.2. The average Bonchev–Trinajstić information content (AvgIpc) is 2.27. The number of benzene rings is 2. The summed E-state index contributed by atoms with van der Waals surface area (Å²) in [5.41, 5.74) is 8.44. The summed E-state index contributed by atoms with van der Waals surface area (Å²) in [6.07, 6.45) is 0. The molecule has 2 rings (SSSR count). The van der Waals surface area contributed by atoms with Crippen molar-refractivity contribution in [3.05, 3.63) is 47.8 Å². The van der Waals surface area contributed by atoms with Gasteiger partial charge in [0.15, 0.2) is 0 Å². The number of rotatable bonds is 3. The Bertz CT molecular complexity index is 549. The summed E-state index contributed by atoms with van der Waals surface area (Å²) in [6.45, 7) is 1.98. The highest BCUT2D eigenvalue weighted by molar-refractivity contribution is 5.69. The van der Waals surface area contributed by atoms with Gasteiger partial charge < -0.3 is 15.8 Å². The predicted molar refractivity (Wildman–Crippen MR) is 71.8 cm³/mol. The molecule has 0 amide bonds. The van der Waals surface area contributed by atoms with Gasteiger partial charge in [-0.25, -0.2) is 4.39 Å². The van der Waals surface area contributed by atoms with E-state index in [0.717, 1.165) is 11.3 Å². The van der Waals surface area contributed by atoms with E-state index in [1.54, 1.807) is 13.2 Å². The monoisotopic (exact) mass is 246 g/mol. The molecule has 0 aliphatic heterocycles. The minimum atomic E-state index is -0.371. The van der Waals surface area contributed by atoms with Crippen LogP contribution in [0.4, 0.5) is 21.5 Å². The van der Waals surface area contributed by atoms with Crippen molar-refractivity contribution in [1.82, 2.24) is 0 Å². The maximum atomic E-state index is 13.2. The molecule has 0 aromatic heterocycles. The van der Waals surface area contributed by atoms with Crippen molar-refractivity contribution in [2.45, 2.75) is 6.92 Å². The molecule has 0 aliphatic rings. The number of anilines is 3. The third-order valence-electron chi connectivity index (χ3n) is 2.55. The van der Waals surface area contributed by atoms with Gasteiger partial charge in [0.2, 0.25) is 0 Å². The number of nitrogen functional groups attached to an aromatic ring is 1. The van der Waals surface area contributed by atoms with Crippen LogP contribution in [0.2, 0.25) is 0 Å². The highest BCUT2D eigenvalue weighted by Crippen LogP contribution is 2.29. The smallest absolute Gasteiger partial charge is 0.142 e. The van der Waals surface area contributed by atoms with E-state index in [9.17, 15) is 4.39 Å². The average molecular weight is 246 g/mol. The fraction of sp³-hybridized carbons (Fsp3) is 0.143. The van der Waals surface area contributed by atoms with E-state index in [1.807, 2.05) is 25.1 Å². The van der Waals surface area contributed by atoms with E-state index >= 15 is 0 Å². The highest BCUT2D eigenvalue weighted by atomic mass is 19.1. The fourth-order valence-corrected chi connectivity index (χ4v) is 1.76. The third kappa shape index (κ3) is 2.71. The number of methoxy groups -OCH3 is 1. The SMILES string of the molecule is COc1ccc(C)cc1Nc1cc(N)cc(F)c1. The number of ether oxygens (including phenoxy) is 1. The largest absolute Gasteiger partial charge is 0.495 e. The molecule has 2 aromatic carbocycles. The van der Waals surface area contributed by atoms with Gasteiger partial charge in [-0.05, 0) is 42.8 Å². The zero-order valence-corrected chi connectivity index (χ0v) is 10.3. The normalized spacial score (nSPS) is 10.2. The molecule has 3 N–H and O–H groups in total. The first-order valence-corrected chi connectivity index (χ1v) is 5.56. The van der Waals surface area contributed by atoms with Crippen molar-refractivity contribution in [1.29, 1.82) is 0 Å². The van der Waals surface area contributed by atoms with Gasteiger partial charge in [-0.1, -0.05) is 6.07 Å². The molecule has 3 nitrogen and oxygen atoms in total. The van der Waals surface area contributed by atoms with E-state index in [-0.39, 0.29) is 5.82 Å². The van der Waals surface area contributed by atoms with Crippen LogP contribution in [0, 0.1) is 12.7 Å². The maximum absolute atomic E-state index is 13.2. The summed E-state index contributed by atoms with van der Waals surface area (Å²) in [4.78, 5) is 0. The van der Waals surface area contributed by atoms with Gasteiger partial charge >= 0.3 is 0 Å². The Kier molecular flexibility index (Phi) is 3.37. The van der Waals surface area contributed by atoms with Crippen LogP contribution in [0.25, 0.3) is 0 Å². The van der Waals surface area contributed by atoms with Crippen LogP contribution < -0.4 is 15.8 Å². The topological polar surface area (TPSA) is 47.3 Å². The molecule has 0 aliphatic carbocycles. The lowest BCUT2D eigenvalue weighted by molar-refractivity contribution is 0.416. The van der Waals surface area contributed by atoms with E-state index in [4.69, 9.17) is 10.5 Å². The standard InChI is InChI=1S/C14H15FN2O/c1-9-3-4-14(18-2)13(5-9)17-12-7-10(15)6-11(16)8-12/h3-8,17H,16H2,1-2H3. The molecule has 0 radical (unpaired) electrons. The van der Waals surface area contributed by atoms with Crippen LogP contribution in [-0.4, -0.2) is 7.11 Å². The van der Waals surface area contributed by atoms with Crippen LogP contribution in [0.1, 0.15) is 5.56 Å². The molecular formula is C14H15FN2O. The second-order valence-electron chi connectivity index (χ2n) is 4.10. The summed E-state index contributed by atoms with van der Waals surface area (Å²) < 4.78 is 18.5. The zero-order chi connectivity index (χ0) is 13.1. The van der Waals surface area contributed by atoms with Crippen molar-refractivity contribution in [2.24, 2.45) is 0 Å². The number of hydrogen-bond donors (Lipinski definition) is 2. The van der Waals surface area contributed by atoms with Crippen LogP contribution in [-0.2, 0) is 0 Å². The van der Waals surface area contributed by atoms with E-state index in [0.29, 0.717) is 17.1 Å². The Balaban J connectivity index is 2.35. The zero-order valence-electron chi connectivity index (χ0n) is 10.3. The molecular weight excluding hydrogens is 231 g/mol. The highest BCUT2D eigenvalue weighted by Gasteiger charge is 2.05. The number of nitrogens with one attached hydrogen (secondary N) is 1. The first-order chi connectivity index (χ1) is 8.58. The van der Waals surface area contributed by atoms with E-state index < -0.39 is 0 Å². The Labute approximate surface area is 105 Å². The lowest BCUT2D eigenvalue weighted by Crippen LogP contribution is -1.97. The van der Waals surface area contributed by atoms with Crippen LogP contribution in [0.15, 0.2) is 36.4 Å². The third-order valence-corrected chi connectivity index (χ3v) is 2.55. The molecule has 4 heteroatoms. The van der Waals surface area contributed by atoms with Crippen molar-refractivity contribution in [3.8, 4) is 5.75 Å². The second-order valence-corrected chi connectivity index (χ2v) is 4.10. The second kappa shape index (κ2) is 4.96. The van der Waals surface area contributed by atoms with Gasteiger partial charge in [0.05, 0.1) is 12.8 Å². The molecule has 0 atom stereocenters. The van der Waals surface area contributed by atoms with Crippen LogP contribution in [0.5, 0.6) is 5.75 Å². The Morgan fingerprint density at radius 3 is 2.61 bits per heavy atom. The quantitative estimate of drug-likeness (QED) is 0.815. The molecule has 94 valence electrons. The number of nitrogens with two attached hydrogens (primary N) is 1. The molecule has 0 unspecified atom stereocenters. The Morgan fingerprint density at radius 2 is 1.94 bits per heavy atom. The van der Waals surface area contributed by atoms with Crippen LogP contribution >= 0.6 is 0 Å². The number of halogens is 1. The number of aryl methyl sites for hydroxylation is 1. The first kappa shape index (κ1) is 12.2. The predicted octanol–water partition coefficient (Wildman–Crippen LogP) is 3.47. The summed E-state index contributed by atoms with van der Waals surface area (Å²) in [5.74, 6) is 0.326. The van der Waals surface area contributed by atoms with Gasteiger partial charge in [-0.15, -0.1) is 0 Å². The first-order valence-electron chi connectivity index (χ1n) is 5.56. The molecule has 2 aromatic rings. The number of hydrogen-bond acceptors (Lipinski definition) is 3. The fourth-order valence-electron chi connectivity index (χ4n) is 1.76. The summed E-state index contributed by atoms with van der Waals surface area (Å²) >= 11 is 0. The molecule has 0 saturated heterocycles. The minimum absolute atomic E-state index is 0.371. The van der Waals surface area contributed by atoms with Crippen molar-refractivity contribution in [2.75, 3.05) is 18.2 Å². The Morgan fingerprint density at radius 1 is 1.17 bits per heavy atom. The molecule has 0 saturated carbocycles. The van der Waals surface area contributed by atoms with Gasteiger partial charge in [0.25, 0.3) is 0 Å². The molecule has 18 heavy (non-hydrogen) atoms. The van der Waals surface area contributed by atoms with E-state index in [1.165, 1.54) is 12.1 Å². The minimum Gasteiger partial charge on any atom is -0.495 e. The summed E-state index contributed by atoms with van der Waals surface area (Å²) in [7, 11) is 1.59. The van der Waals surface area contributed by atoms with Gasteiger partial charge in [0, 0.05) is 11.4 Å². The summed E-state index contributed by atoms with van der Waals surface area (Å²) in [5, 5.41) is 3.10. The van der Waals surface area contributed by atoms with Crippen LogP contribution in [0.3, 0.4) is 0 Å². The maximum Gasteiger partial charge on any atom is 0.142 e. The van der Waals surface area contributed by atoms with Crippen molar-refractivity contribution >= 4 is 17.1 Å². The molecule has 0 spiro atoms. The van der Waals surface area contributed by atoms with Crippen molar-refractivity contribution < 1.29 is 9.13 Å². The molecule has 0 fully saturated rings. The van der Waals surface area contributed by atoms with Gasteiger partial charge in [0.1, 0.15) is 11.6 Å². The Hall–Kier alpha value is -2.23. The lowest BCUT2D eigenvalue weighted by Gasteiger charge is -2.12. The van der Waals surface area contributed by atoms with Crippen molar-refractivity contribution in [3.63, 3.8) is 0 Å². The van der Waals surface area contributed by atoms with Gasteiger partial charge in [-0.2, -0.15) is 0 Å². The molecule has 0 bridgehead atoms. The van der Waals surface area contributed by atoms with Gasteiger partial charge in [-0.3, -0.25) is 0 Å². The molecule has 0 heterocycles.